The Kier molecular flexibility index (Phi) is 5.79. The molecule has 0 saturated heterocycles. The van der Waals surface area contributed by atoms with Gasteiger partial charge in [-0.2, -0.15) is 0 Å². The topological polar surface area (TPSA) is 81.9 Å². The summed E-state index contributed by atoms with van der Waals surface area (Å²) >= 11 is 2.73. The van der Waals surface area contributed by atoms with Gasteiger partial charge in [0.2, 0.25) is 5.91 Å². The van der Waals surface area contributed by atoms with E-state index in [9.17, 15) is 4.79 Å². The van der Waals surface area contributed by atoms with E-state index >= 15 is 0 Å². The number of aromatic nitrogens is 4. The quantitative estimate of drug-likeness (QED) is 0.640. The van der Waals surface area contributed by atoms with Gasteiger partial charge in [0.15, 0.2) is 16.1 Å². The average molecular weight is 375 g/mol. The number of para-hydroxylation sites is 1. The summed E-state index contributed by atoms with van der Waals surface area (Å²) in [5, 5.41) is 14.3. The molecule has 2 heterocycles. The molecular formula is C16H17N5O2S2. The summed E-state index contributed by atoms with van der Waals surface area (Å²) in [6.45, 7) is 2.23. The fourth-order valence-electron chi connectivity index (χ4n) is 2.15. The van der Waals surface area contributed by atoms with Gasteiger partial charge in [0.1, 0.15) is 6.61 Å². The van der Waals surface area contributed by atoms with E-state index < -0.39 is 0 Å². The van der Waals surface area contributed by atoms with Crippen molar-refractivity contribution in [3.63, 3.8) is 0 Å². The van der Waals surface area contributed by atoms with Crippen LogP contribution < -0.4 is 5.32 Å². The van der Waals surface area contributed by atoms with Gasteiger partial charge < -0.3 is 10.1 Å². The number of ether oxygens (including phenoxy) is 1. The lowest BCUT2D eigenvalue weighted by molar-refractivity contribution is -0.113. The van der Waals surface area contributed by atoms with E-state index in [-0.39, 0.29) is 11.7 Å². The number of anilines is 1. The van der Waals surface area contributed by atoms with Crippen molar-refractivity contribution in [2.75, 3.05) is 18.2 Å². The molecule has 0 bridgehead atoms. The highest BCUT2D eigenvalue weighted by molar-refractivity contribution is 7.99. The molecule has 0 spiro atoms. The molecule has 0 atom stereocenters. The molecule has 0 aliphatic heterocycles. The summed E-state index contributed by atoms with van der Waals surface area (Å²) < 4.78 is 7.09. The van der Waals surface area contributed by atoms with Crippen LogP contribution in [0.2, 0.25) is 0 Å². The van der Waals surface area contributed by atoms with Crippen LogP contribution >= 0.6 is 23.1 Å². The molecule has 130 valence electrons. The van der Waals surface area contributed by atoms with Crippen LogP contribution in [0.3, 0.4) is 0 Å². The van der Waals surface area contributed by atoms with Gasteiger partial charge in [-0.25, -0.2) is 4.98 Å². The molecular weight excluding hydrogens is 358 g/mol. The number of carbonyl (C=O) groups is 1. The number of thiazole rings is 1. The van der Waals surface area contributed by atoms with E-state index in [1.165, 1.54) is 23.1 Å². The minimum absolute atomic E-state index is 0.129. The van der Waals surface area contributed by atoms with E-state index in [1.807, 2.05) is 47.2 Å². The normalized spacial score (nSPS) is 10.8. The molecule has 0 saturated carbocycles. The van der Waals surface area contributed by atoms with E-state index in [1.54, 1.807) is 7.11 Å². The SMILES string of the molecule is COCc1nnc(SCC(=O)Nc2nc(C)cs2)n1-c1ccccc1. The monoisotopic (exact) mass is 375 g/mol. The minimum Gasteiger partial charge on any atom is -0.377 e. The van der Waals surface area contributed by atoms with Crippen molar-refractivity contribution in [3.05, 3.63) is 47.2 Å². The lowest BCUT2D eigenvalue weighted by Crippen LogP contribution is -2.14. The molecule has 0 radical (unpaired) electrons. The number of carbonyl (C=O) groups excluding carboxylic acids is 1. The van der Waals surface area contributed by atoms with E-state index in [4.69, 9.17) is 4.74 Å². The molecule has 3 aromatic rings. The number of thioether (sulfide) groups is 1. The summed E-state index contributed by atoms with van der Waals surface area (Å²) in [5.74, 6) is 0.777. The van der Waals surface area contributed by atoms with Gasteiger partial charge >= 0.3 is 0 Å². The van der Waals surface area contributed by atoms with Crippen LogP contribution in [0.5, 0.6) is 0 Å². The van der Waals surface area contributed by atoms with Crippen LogP contribution in [0.15, 0.2) is 40.9 Å². The van der Waals surface area contributed by atoms with Crippen molar-refractivity contribution < 1.29 is 9.53 Å². The zero-order valence-corrected chi connectivity index (χ0v) is 15.4. The number of benzene rings is 1. The van der Waals surface area contributed by atoms with Crippen LogP contribution in [-0.2, 0) is 16.1 Å². The highest BCUT2D eigenvalue weighted by atomic mass is 32.2. The van der Waals surface area contributed by atoms with E-state index in [0.717, 1.165) is 11.4 Å². The maximum absolute atomic E-state index is 12.1. The van der Waals surface area contributed by atoms with Gasteiger partial charge in [0.05, 0.1) is 11.4 Å². The molecule has 0 fully saturated rings. The van der Waals surface area contributed by atoms with Crippen LogP contribution in [0.1, 0.15) is 11.5 Å². The second-order valence-corrected chi connectivity index (χ2v) is 6.93. The second kappa shape index (κ2) is 8.24. The Hall–Kier alpha value is -2.23. The van der Waals surface area contributed by atoms with Crippen molar-refractivity contribution in [3.8, 4) is 5.69 Å². The molecule has 0 aliphatic carbocycles. The van der Waals surface area contributed by atoms with Crippen molar-refractivity contribution in [2.24, 2.45) is 0 Å². The first-order valence-corrected chi connectivity index (χ1v) is 9.37. The molecule has 7 nitrogen and oxygen atoms in total. The molecule has 1 amide bonds. The minimum atomic E-state index is -0.129. The van der Waals surface area contributed by atoms with E-state index in [2.05, 4.69) is 20.5 Å². The molecule has 0 unspecified atom stereocenters. The molecule has 1 aromatic carbocycles. The Balaban J connectivity index is 1.73. The van der Waals surface area contributed by atoms with Crippen molar-refractivity contribution >= 4 is 34.1 Å². The Morgan fingerprint density at radius 3 is 2.80 bits per heavy atom. The number of nitrogens with zero attached hydrogens (tertiary/aromatic N) is 4. The smallest absolute Gasteiger partial charge is 0.236 e. The number of hydrogen-bond acceptors (Lipinski definition) is 7. The number of nitrogens with one attached hydrogen (secondary N) is 1. The third-order valence-corrected chi connectivity index (χ3v) is 4.99. The lowest BCUT2D eigenvalue weighted by Gasteiger charge is -2.09. The van der Waals surface area contributed by atoms with Gasteiger partial charge in [-0.1, -0.05) is 30.0 Å². The van der Waals surface area contributed by atoms with Crippen molar-refractivity contribution in [1.29, 1.82) is 0 Å². The maximum atomic E-state index is 12.1. The molecule has 0 aliphatic rings. The summed E-state index contributed by atoms with van der Waals surface area (Å²) in [5.41, 5.74) is 1.82. The van der Waals surface area contributed by atoms with Gasteiger partial charge in [-0.15, -0.1) is 21.5 Å². The van der Waals surface area contributed by atoms with E-state index in [0.29, 0.717) is 22.7 Å². The number of rotatable bonds is 7. The molecule has 3 rings (SSSR count). The van der Waals surface area contributed by atoms with Gasteiger partial charge in [-0.05, 0) is 19.1 Å². The molecule has 25 heavy (non-hydrogen) atoms. The largest absolute Gasteiger partial charge is 0.377 e. The number of aryl methyl sites for hydroxylation is 1. The van der Waals surface area contributed by atoms with Crippen LogP contribution in [-0.4, -0.2) is 38.5 Å². The first kappa shape index (κ1) is 17.6. The lowest BCUT2D eigenvalue weighted by atomic mass is 10.3. The van der Waals surface area contributed by atoms with Crippen molar-refractivity contribution in [1.82, 2.24) is 19.7 Å². The maximum Gasteiger partial charge on any atom is 0.236 e. The van der Waals surface area contributed by atoms with Crippen LogP contribution in [0.4, 0.5) is 5.13 Å². The van der Waals surface area contributed by atoms with Gasteiger partial charge in [0, 0.05) is 18.2 Å². The fourth-order valence-corrected chi connectivity index (χ4v) is 3.62. The third kappa shape index (κ3) is 4.44. The Labute approximate surface area is 153 Å². The average Bonchev–Trinajstić information content (AvgIpc) is 3.20. The van der Waals surface area contributed by atoms with Crippen LogP contribution in [0.25, 0.3) is 5.69 Å². The molecule has 2 aromatic heterocycles. The summed E-state index contributed by atoms with van der Waals surface area (Å²) in [6, 6.07) is 9.76. The fraction of sp³-hybridized carbons (Fsp3) is 0.250. The highest BCUT2D eigenvalue weighted by Gasteiger charge is 2.16. The first-order valence-electron chi connectivity index (χ1n) is 7.51. The second-order valence-electron chi connectivity index (χ2n) is 5.13. The standard InChI is InChI=1S/C16H17N5O2S2/c1-11-9-24-15(17-11)18-14(22)10-25-16-20-19-13(8-23-2)21(16)12-6-4-3-5-7-12/h3-7,9H,8,10H2,1-2H3,(H,17,18,22). The van der Waals surface area contributed by atoms with Gasteiger partial charge in [0.25, 0.3) is 0 Å². The van der Waals surface area contributed by atoms with Crippen molar-refractivity contribution in [2.45, 2.75) is 18.7 Å². The van der Waals surface area contributed by atoms with Gasteiger partial charge in [-0.3, -0.25) is 9.36 Å². The Bertz CT molecular complexity index is 847. The number of methoxy groups -OCH3 is 1. The number of amides is 1. The first-order chi connectivity index (χ1) is 12.2. The predicted octanol–water partition coefficient (Wildman–Crippen LogP) is 2.91. The summed E-state index contributed by atoms with van der Waals surface area (Å²) in [4.78, 5) is 16.4. The number of hydrogen-bond donors (Lipinski definition) is 1. The highest BCUT2D eigenvalue weighted by Crippen LogP contribution is 2.23. The predicted molar refractivity (Wildman–Crippen MR) is 98.3 cm³/mol. The Morgan fingerprint density at radius 1 is 1.32 bits per heavy atom. The molecule has 9 heteroatoms. The third-order valence-electron chi connectivity index (χ3n) is 3.19. The summed E-state index contributed by atoms with van der Waals surface area (Å²) in [6.07, 6.45) is 0. The Morgan fingerprint density at radius 2 is 2.12 bits per heavy atom. The molecule has 1 N–H and O–H groups in total. The van der Waals surface area contributed by atoms with Crippen LogP contribution in [0, 0.1) is 6.92 Å². The zero-order chi connectivity index (χ0) is 17.6. The zero-order valence-electron chi connectivity index (χ0n) is 13.8. The summed E-state index contributed by atoms with van der Waals surface area (Å²) in [7, 11) is 1.61.